The standard InChI is InChI=1S/C14H19BrN4/c1-11-8-13-16-10-17-19(13)14(9-11)18(7-6-15)12-4-2-3-5-12/h8-10,12H,2-7H2,1H3. The first kappa shape index (κ1) is 12.9. The third kappa shape index (κ3) is 2.48. The Balaban J connectivity index is 2.05. The molecule has 1 aliphatic rings. The lowest BCUT2D eigenvalue weighted by Gasteiger charge is -2.30. The van der Waals surface area contributed by atoms with Gasteiger partial charge in [0, 0.05) is 17.9 Å². The van der Waals surface area contributed by atoms with Crippen LogP contribution in [0.5, 0.6) is 0 Å². The highest BCUT2D eigenvalue weighted by atomic mass is 79.9. The molecule has 2 heterocycles. The predicted molar refractivity (Wildman–Crippen MR) is 81.1 cm³/mol. The number of pyridine rings is 1. The molecule has 0 N–H and O–H groups in total. The molecular weight excluding hydrogens is 304 g/mol. The number of fused-ring (bicyclic) bond motifs is 1. The average molecular weight is 323 g/mol. The minimum absolute atomic E-state index is 0.645. The third-order valence-electron chi connectivity index (χ3n) is 3.89. The number of halogens is 1. The van der Waals surface area contributed by atoms with Crippen LogP contribution in [-0.2, 0) is 0 Å². The number of rotatable bonds is 4. The molecule has 0 bridgehead atoms. The highest BCUT2D eigenvalue weighted by molar-refractivity contribution is 9.09. The van der Waals surface area contributed by atoms with Crippen LogP contribution in [0, 0.1) is 6.92 Å². The van der Waals surface area contributed by atoms with Crippen molar-refractivity contribution in [1.29, 1.82) is 0 Å². The van der Waals surface area contributed by atoms with Crippen LogP contribution in [0.4, 0.5) is 5.82 Å². The molecule has 0 aromatic carbocycles. The van der Waals surface area contributed by atoms with Gasteiger partial charge in [0.15, 0.2) is 5.65 Å². The Labute approximate surface area is 121 Å². The van der Waals surface area contributed by atoms with Crippen LogP contribution < -0.4 is 4.90 Å². The van der Waals surface area contributed by atoms with Crippen molar-refractivity contribution in [3.63, 3.8) is 0 Å². The van der Waals surface area contributed by atoms with Gasteiger partial charge in [0.2, 0.25) is 0 Å². The zero-order valence-corrected chi connectivity index (χ0v) is 12.8. The number of hydrogen-bond donors (Lipinski definition) is 0. The minimum atomic E-state index is 0.645. The van der Waals surface area contributed by atoms with E-state index in [0.717, 1.165) is 17.5 Å². The van der Waals surface area contributed by atoms with Crippen molar-refractivity contribution in [1.82, 2.24) is 14.6 Å². The van der Waals surface area contributed by atoms with Crippen molar-refractivity contribution < 1.29 is 0 Å². The van der Waals surface area contributed by atoms with Gasteiger partial charge in [-0.15, -0.1) is 0 Å². The van der Waals surface area contributed by atoms with Crippen LogP contribution in [0.3, 0.4) is 0 Å². The summed E-state index contributed by atoms with van der Waals surface area (Å²) in [6, 6.07) is 4.95. The molecule has 2 aromatic rings. The van der Waals surface area contributed by atoms with Crippen LogP contribution in [0.15, 0.2) is 18.5 Å². The summed E-state index contributed by atoms with van der Waals surface area (Å²) >= 11 is 3.58. The predicted octanol–water partition coefficient (Wildman–Crippen LogP) is 3.18. The van der Waals surface area contributed by atoms with Gasteiger partial charge in [0.05, 0.1) is 0 Å². The van der Waals surface area contributed by atoms with Gasteiger partial charge < -0.3 is 4.90 Å². The molecule has 0 spiro atoms. The van der Waals surface area contributed by atoms with E-state index in [1.165, 1.54) is 37.1 Å². The molecule has 0 radical (unpaired) electrons. The first-order valence-electron chi connectivity index (χ1n) is 6.92. The fourth-order valence-electron chi connectivity index (χ4n) is 3.03. The molecule has 1 aliphatic carbocycles. The second kappa shape index (κ2) is 5.49. The maximum absolute atomic E-state index is 4.38. The van der Waals surface area contributed by atoms with Gasteiger partial charge in [-0.2, -0.15) is 9.61 Å². The molecule has 0 amide bonds. The maximum Gasteiger partial charge on any atom is 0.157 e. The Morgan fingerprint density at radius 3 is 2.89 bits per heavy atom. The van der Waals surface area contributed by atoms with E-state index in [1.807, 2.05) is 4.52 Å². The van der Waals surface area contributed by atoms with Crippen molar-refractivity contribution in [2.75, 3.05) is 16.8 Å². The molecular formula is C14H19BrN4. The SMILES string of the molecule is Cc1cc(N(CCBr)C2CCCC2)n2ncnc2c1. The zero-order chi connectivity index (χ0) is 13.2. The molecule has 1 fully saturated rings. The lowest BCUT2D eigenvalue weighted by atomic mass is 10.2. The van der Waals surface area contributed by atoms with E-state index in [-0.39, 0.29) is 0 Å². The lowest BCUT2D eigenvalue weighted by molar-refractivity contribution is 0.608. The largest absolute Gasteiger partial charge is 0.353 e. The van der Waals surface area contributed by atoms with E-state index in [1.54, 1.807) is 6.33 Å². The quantitative estimate of drug-likeness (QED) is 0.810. The van der Waals surface area contributed by atoms with Gasteiger partial charge in [0.25, 0.3) is 0 Å². The number of aromatic nitrogens is 3. The summed E-state index contributed by atoms with van der Waals surface area (Å²) in [6.07, 6.45) is 6.90. The molecule has 0 atom stereocenters. The summed E-state index contributed by atoms with van der Waals surface area (Å²) in [6.45, 7) is 3.14. The Bertz CT molecular complexity index is 560. The molecule has 2 aromatic heterocycles. The number of anilines is 1. The summed E-state index contributed by atoms with van der Waals surface area (Å²) in [5, 5.41) is 5.36. The summed E-state index contributed by atoms with van der Waals surface area (Å²) in [5.74, 6) is 1.18. The van der Waals surface area contributed by atoms with Gasteiger partial charge in [-0.25, -0.2) is 4.98 Å². The number of aryl methyl sites for hydroxylation is 1. The number of alkyl halides is 1. The van der Waals surface area contributed by atoms with E-state index in [2.05, 4.69) is 50.0 Å². The van der Waals surface area contributed by atoms with E-state index in [4.69, 9.17) is 0 Å². The molecule has 19 heavy (non-hydrogen) atoms. The van der Waals surface area contributed by atoms with Crippen LogP contribution in [0.2, 0.25) is 0 Å². The zero-order valence-electron chi connectivity index (χ0n) is 11.2. The first-order chi connectivity index (χ1) is 9.29. The monoisotopic (exact) mass is 322 g/mol. The Morgan fingerprint density at radius 1 is 1.37 bits per heavy atom. The van der Waals surface area contributed by atoms with Crippen molar-refractivity contribution >= 4 is 27.4 Å². The van der Waals surface area contributed by atoms with Crippen molar-refractivity contribution in [3.8, 4) is 0 Å². The summed E-state index contributed by atoms with van der Waals surface area (Å²) in [5.41, 5.74) is 2.18. The van der Waals surface area contributed by atoms with Crippen LogP contribution in [0.25, 0.3) is 5.65 Å². The second-order valence-corrected chi connectivity index (χ2v) is 6.03. The molecule has 0 aliphatic heterocycles. The van der Waals surface area contributed by atoms with E-state index in [9.17, 15) is 0 Å². The van der Waals surface area contributed by atoms with Crippen LogP contribution >= 0.6 is 15.9 Å². The van der Waals surface area contributed by atoms with E-state index < -0.39 is 0 Å². The second-order valence-electron chi connectivity index (χ2n) is 5.24. The van der Waals surface area contributed by atoms with Crippen LogP contribution in [0.1, 0.15) is 31.2 Å². The molecule has 0 unspecified atom stereocenters. The fraction of sp³-hybridized carbons (Fsp3) is 0.571. The van der Waals surface area contributed by atoms with Gasteiger partial charge in [-0.1, -0.05) is 28.8 Å². The highest BCUT2D eigenvalue weighted by Gasteiger charge is 2.24. The normalized spacial score (nSPS) is 16.3. The highest BCUT2D eigenvalue weighted by Crippen LogP contribution is 2.29. The topological polar surface area (TPSA) is 33.4 Å². The molecule has 1 saturated carbocycles. The fourth-order valence-corrected chi connectivity index (χ4v) is 3.41. The number of hydrogen-bond acceptors (Lipinski definition) is 3. The molecule has 4 nitrogen and oxygen atoms in total. The Kier molecular flexibility index (Phi) is 3.73. The maximum atomic E-state index is 4.38. The van der Waals surface area contributed by atoms with Crippen molar-refractivity contribution in [2.24, 2.45) is 0 Å². The molecule has 5 heteroatoms. The molecule has 102 valence electrons. The third-order valence-corrected chi connectivity index (χ3v) is 4.24. The summed E-state index contributed by atoms with van der Waals surface area (Å²) < 4.78 is 1.97. The smallest absolute Gasteiger partial charge is 0.157 e. The van der Waals surface area contributed by atoms with Gasteiger partial charge in [-0.3, -0.25) is 0 Å². The molecule has 0 saturated heterocycles. The lowest BCUT2D eigenvalue weighted by Crippen LogP contribution is -2.36. The minimum Gasteiger partial charge on any atom is -0.353 e. The average Bonchev–Trinajstić information content (AvgIpc) is 3.05. The summed E-state index contributed by atoms with van der Waals surface area (Å²) in [7, 11) is 0. The van der Waals surface area contributed by atoms with Gasteiger partial charge in [-0.05, 0) is 37.5 Å². The van der Waals surface area contributed by atoms with Gasteiger partial charge >= 0.3 is 0 Å². The van der Waals surface area contributed by atoms with Crippen molar-refractivity contribution in [2.45, 2.75) is 38.6 Å². The van der Waals surface area contributed by atoms with Gasteiger partial charge in [0.1, 0.15) is 12.1 Å². The summed E-state index contributed by atoms with van der Waals surface area (Å²) in [4.78, 5) is 6.82. The van der Waals surface area contributed by atoms with E-state index in [0.29, 0.717) is 6.04 Å². The Morgan fingerprint density at radius 2 is 2.16 bits per heavy atom. The first-order valence-corrected chi connectivity index (χ1v) is 8.05. The van der Waals surface area contributed by atoms with Crippen molar-refractivity contribution in [3.05, 3.63) is 24.0 Å². The number of nitrogens with zero attached hydrogens (tertiary/aromatic N) is 4. The van der Waals surface area contributed by atoms with Crippen LogP contribution in [-0.4, -0.2) is 32.5 Å². The Hall–Kier alpha value is -1.10. The molecule has 3 rings (SSSR count). The van der Waals surface area contributed by atoms with E-state index >= 15 is 0 Å².